The van der Waals surface area contributed by atoms with Crippen LogP contribution in [0.15, 0.2) is 36.4 Å². The van der Waals surface area contributed by atoms with Crippen LogP contribution in [0.25, 0.3) is 0 Å². The topological polar surface area (TPSA) is 32.3 Å². The van der Waals surface area contributed by atoms with Crippen LogP contribution in [0.2, 0.25) is 5.02 Å². The van der Waals surface area contributed by atoms with E-state index in [1.165, 1.54) is 25.2 Å². The lowest BCUT2D eigenvalue weighted by atomic mass is 10.2. The number of hydrogen-bond donors (Lipinski definition) is 1. The van der Waals surface area contributed by atoms with Gasteiger partial charge in [0.25, 0.3) is 0 Å². The smallest absolute Gasteiger partial charge is 0.321 e. The molecule has 2 aromatic carbocycles. The van der Waals surface area contributed by atoms with Crippen LogP contribution in [-0.4, -0.2) is 18.0 Å². The number of rotatable bonds is 3. The number of anilines is 1. The van der Waals surface area contributed by atoms with Crippen LogP contribution in [0.5, 0.6) is 0 Å². The second-order valence-corrected chi connectivity index (χ2v) is 5.02. The number of carbonyl (C=O) groups is 1. The zero-order valence-electron chi connectivity index (χ0n) is 11.5. The fourth-order valence-corrected chi connectivity index (χ4v) is 2.02. The minimum Gasteiger partial charge on any atom is -0.323 e. The van der Waals surface area contributed by atoms with Crippen molar-refractivity contribution in [3.05, 3.63) is 64.4 Å². The third-order valence-corrected chi connectivity index (χ3v) is 3.33. The first kappa shape index (κ1) is 16.2. The van der Waals surface area contributed by atoms with Crippen LogP contribution in [-0.2, 0) is 6.54 Å². The van der Waals surface area contributed by atoms with Crippen molar-refractivity contribution in [3.8, 4) is 0 Å². The normalized spacial score (nSPS) is 10.4. The summed E-state index contributed by atoms with van der Waals surface area (Å²) in [6.45, 7) is -0.0971. The second kappa shape index (κ2) is 6.70. The van der Waals surface area contributed by atoms with Gasteiger partial charge in [0.05, 0.1) is 12.2 Å². The fourth-order valence-electron chi connectivity index (χ4n) is 1.79. The lowest BCUT2D eigenvalue weighted by molar-refractivity contribution is 0.220. The summed E-state index contributed by atoms with van der Waals surface area (Å²) in [6.07, 6.45) is 0. The third kappa shape index (κ3) is 3.71. The zero-order valence-corrected chi connectivity index (χ0v) is 12.3. The molecule has 0 spiro atoms. The van der Waals surface area contributed by atoms with E-state index < -0.39 is 23.5 Å². The highest BCUT2D eigenvalue weighted by atomic mass is 35.5. The molecule has 22 heavy (non-hydrogen) atoms. The van der Waals surface area contributed by atoms with Gasteiger partial charge in [0, 0.05) is 23.7 Å². The van der Waals surface area contributed by atoms with Crippen LogP contribution in [0, 0.1) is 17.5 Å². The van der Waals surface area contributed by atoms with Gasteiger partial charge in [-0.1, -0.05) is 17.7 Å². The summed E-state index contributed by atoms with van der Waals surface area (Å²) in [6, 6.07) is 6.29. The number of halogens is 4. The van der Waals surface area contributed by atoms with E-state index in [0.717, 1.165) is 17.0 Å². The molecule has 0 saturated carbocycles. The van der Waals surface area contributed by atoms with Crippen LogP contribution < -0.4 is 5.32 Å². The van der Waals surface area contributed by atoms with Crippen molar-refractivity contribution in [1.29, 1.82) is 0 Å². The minimum atomic E-state index is -0.898. The molecule has 7 heteroatoms. The van der Waals surface area contributed by atoms with Gasteiger partial charge in [0.1, 0.15) is 17.5 Å². The van der Waals surface area contributed by atoms with Crippen molar-refractivity contribution in [3.63, 3.8) is 0 Å². The lowest BCUT2D eigenvalue weighted by Gasteiger charge is -2.19. The number of nitrogens with one attached hydrogen (secondary N) is 1. The van der Waals surface area contributed by atoms with Crippen molar-refractivity contribution in [2.75, 3.05) is 12.4 Å². The number of amides is 2. The van der Waals surface area contributed by atoms with E-state index in [0.29, 0.717) is 6.07 Å². The summed E-state index contributed by atoms with van der Waals surface area (Å²) in [5.74, 6) is -2.19. The maximum atomic E-state index is 13.7. The van der Waals surface area contributed by atoms with Gasteiger partial charge in [-0.25, -0.2) is 18.0 Å². The minimum absolute atomic E-state index is 0.0971. The molecule has 2 rings (SSSR count). The van der Waals surface area contributed by atoms with Crippen molar-refractivity contribution in [2.45, 2.75) is 6.54 Å². The van der Waals surface area contributed by atoms with Gasteiger partial charge in [-0.2, -0.15) is 0 Å². The van der Waals surface area contributed by atoms with Crippen LogP contribution in [0.1, 0.15) is 5.56 Å². The van der Waals surface area contributed by atoms with Crippen LogP contribution in [0.4, 0.5) is 23.7 Å². The molecule has 0 atom stereocenters. The van der Waals surface area contributed by atoms with Crippen molar-refractivity contribution < 1.29 is 18.0 Å². The molecule has 0 heterocycles. The Hall–Kier alpha value is -2.21. The number of benzene rings is 2. The largest absolute Gasteiger partial charge is 0.323 e. The Morgan fingerprint density at radius 1 is 1.18 bits per heavy atom. The highest BCUT2D eigenvalue weighted by Gasteiger charge is 2.15. The molecule has 116 valence electrons. The van der Waals surface area contributed by atoms with E-state index in [9.17, 15) is 18.0 Å². The molecule has 3 nitrogen and oxygen atoms in total. The van der Waals surface area contributed by atoms with Crippen molar-refractivity contribution in [2.24, 2.45) is 0 Å². The number of urea groups is 1. The maximum Gasteiger partial charge on any atom is 0.321 e. The van der Waals surface area contributed by atoms with E-state index in [1.807, 2.05) is 0 Å². The third-order valence-electron chi connectivity index (χ3n) is 2.98. The fraction of sp³-hybridized carbons (Fsp3) is 0.133. The maximum absolute atomic E-state index is 13.7. The highest BCUT2D eigenvalue weighted by Crippen LogP contribution is 2.21. The quantitative estimate of drug-likeness (QED) is 0.888. The Kier molecular flexibility index (Phi) is 4.92. The lowest BCUT2D eigenvalue weighted by Crippen LogP contribution is -2.31. The van der Waals surface area contributed by atoms with E-state index in [1.54, 1.807) is 0 Å². The molecule has 0 aliphatic rings. The predicted molar refractivity (Wildman–Crippen MR) is 78.3 cm³/mol. The van der Waals surface area contributed by atoms with E-state index in [-0.39, 0.29) is 22.8 Å². The highest BCUT2D eigenvalue weighted by molar-refractivity contribution is 6.31. The molecule has 0 aromatic heterocycles. The molecule has 2 aromatic rings. The van der Waals surface area contributed by atoms with Gasteiger partial charge in [-0.05, 0) is 24.3 Å². The van der Waals surface area contributed by atoms with Gasteiger partial charge in [-0.3, -0.25) is 0 Å². The van der Waals surface area contributed by atoms with Gasteiger partial charge >= 0.3 is 6.03 Å². The molecular weight excluding hydrogens is 317 g/mol. The average molecular weight is 329 g/mol. The molecular formula is C15H12ClF3N2O. The Balaban J connectivity index is 2.09. The molecule has 2 amide bonds. The molecule has 0 radical (unpaired) electrons. The Bertz CT molecular complexity index is 689. The van der Waals surface area contributed by atoms with Crippen molar-refractivity contribution >= 4 is 23.3 Å². The van der Waals surface area contributed by atoms with Gasteiger partial charge in [-0.15, -0.1) is 0 Å². The van der Waals surface area contributed by atoms with Crippen LogP contribution in [0.3, 0.4) is 0 Å². The summed E-state index contributed by atoms with van der Waals surface area (Å²) < 4.78 is 39.9. The van der Waals surface area contributed by atoms with Gasteiger partial charge in [0.2, 0.25) is 0 Å². The van der Waals surface area contributed by atoms with E-state index in [4.69, 9.17) is 11.6 Å². The number of hydrogen-bond acceptors (Lipinski definition) is 1. The molecule has 0 aliphatic carbocycles. The first-order chi connectivity index (χ1) is 10.4. The van der Waals surface area contributed by atoms with Crippen molar-refractivity contribution in [1.82, 2.24) is 4.90 Å². The molecule has 0 bridgehead atoms. The number of carbonyl (C=O) groups excluding carboxylic acids is 1. The Morgan fingerprint density at radius 2 is 1.91 bits per heavy atom. The standard InChI is InChI=1S/C15H12ClF3N2O/c1-21(8-10-11(16)3-2-4-12(10)18)15(22)20-14-6-5-9(17)7-13(14)19/h2-7H,8H2,1H3,(H,20,22). The summed E-state index contributed by atoms with van der Waals surface area (Å²) in [5, 5.41) is 2.46. The predicted octanol–water partition coefficient (Wildman–Crippen LogP) is 4.42. The monoisotopic (exact) mass is 328 g/mol. The zero-order chi connectivity index (χ0) is 16.3. The summed E-state index contributed by atoms with van der Waals surface area (Å²) >= 11 is 5.88. The Labute approximate surface area is 130 Å². The molecule has 0 saturated heterocycles. The second-order valence-electron chi connectivity index (χ2n) is 4.61. The first-order valence-electron chi connectivity index (χ1n) is 6.28. The summed E-state index contributed by atoms with van der Waals surface area (Å²) in [4.78, 5) is 13.1. The van der Waals surface area contributed by atoms with Crippen LogP contribution >= 0.6 is 11.6 Å². The average Bonchev–Trinajstić information content (AvgIpc) is 2.45. The van der Waals surface area contributed by atoms with E-state index >= 15 is 0 Å². The van der Waals surface area contributed by atoms with Gasteiger partial charge < -0.3 is 10.2 Å². The SMILES string of the molecule is CN(Cc1c(F)cccc1Cl)C(=O)Nc1ccc(F)cc1F. The molecule has 1 N–H and O–H groups in total. The first-order valence-corrected chi connectivity index (χ1v) is 6.66. The molecule has 0 fully saturated rings. The summed E-state index contributed by atoms with van der Waals surface area (Å²) in [5.41, 5.74) is -0.0146. The molecule has 0 unspecified atom stereocenters. The van der Waals surface area contributed by atoms with E-state index in [2.05, 4.69) is 5.32 Å². The Morgan fingerprint density at radius 3 is 2.55 bits per heavy atom. The summed E-state index contributed by atoms with van der Waals surface area (Å²) in [7, 11) is 1.40. The number of nitrogens with zero attached hydrogens (tertiary/aromatic N) is 1. The van der Waals surface area contributed by atoms with Gasteiger partial charge in [0.15, 0.2) is 0 Å². The molecule has 0 aliphatic heterocycles.